The molecule has 0 spiro atoms. The van der Waals surface area contributed by atoms with Crippen molar-refractivity contribution in [3.63, 3.8) is 0 Å². The molecule has 0 saturated carbocycles. The van der Waals surface area contributed by atoms with Crippen molar-refractivity contribution in [3.05, 3.63) is 65.0 Å². The third-order valence-electron chi connectivity index (χ3n) is 5.00. The van der Waals surface area contributed by atoms with Gasteiger partial charge in [-0.3, -0.25) is 9.59 Å². The standard InChI is InChI=1S/C22H23FN2O6/c1-31-17-12-14(4-7-16(17)27)19-18(20(28)13-2-5-15(23)6-3-13)21(29)22(30)25(19)10-8-24-9-11-26/h2-7,12,19,24,26-28H,8-11H2,1H3/b20-18+. The van der Waals surface area contributed by atoms with Crippen LogP contribution in [-0.4, -0.2) is 65.3 Å². The van der Waals surface area contributed by atoms with Crippen molar-refractivity contribution >= 4 is 17.4 Å². The van der Waals surface area contributed by atoms with Crippen LogP contribution in [0.4, 0.5) is 4.39 Å². The van der Waals surface area contributed by atoms with Crippen molar-refractivity contribution < 1.29 is 34.0 Å². The first-order valence-electron chi connectivity index (χ1n) is 9.61. The SMILES string of the molecule is COc1cc(C2/C(=C(\O)c3ccc(F)cc3)C(=O)C(=O)N2CCNCCO)ccc1O. The molecule has 2 aromatic carbocycles. The zero-order valence-corrected chi connectivity index (χ0v) is 16.8. The quantitative estimate of drug-likeness (QED) is 0.217. The summed E-state index contributed by atoms with van der Waals surface area (Å²) in [6.07, 6.45) is 0. The number of nitrogens with zero attached hydrogens (tertiary/aromatic N) is 1. The number of benzene rings is 2. The molecule has 164 valence electrons. The van der Waals surface area contributed by atoms with E-state index in [9.17, 15) is 24.2 Å². The molecule has 1 unspecified atom stereocenters. The van der Waals surface area contributed by atoms with Crippen molar-refractivity contribution in [3.8, 4) is 11.5 Å². The van der Waals surface area contributed by atoms with E-state index in [2.05, 4.69) is 5.32 Å². The predicted molar refractivity (Wildman–Crippen MR) is 110 cm³/mol. The summed E-state index contributed by atoms with van der Waals surface area (Å²) in [6, 6.07) is 8.35. The largest absolute Gasteiger partial charge is 0.507 e. The summed E-state index contributed by atoms with van der Waals surface area (Å²) in [7, 11) is 1.37. The van der Waals surface area contributed by atoms with Crippen molar-refractivity contribution in [1.82, 2.24) is 10.2 Å². The molecule has 0 radical (unpaired) electrons. The van der Waals surface area contributed by atoms with Crippen LogP contribution in [0.3, 0.4) is 0 Å². The number of likely N-dealkylation sites (tertiary alicyclic amines) is 1. The molecule has 0 aliphatic carbocycles. The van der Waals surface area contributed by atoms with Gasteiger partial charge in [0.15, 0.2) is 11.5 Å². The van der Waals surface area contributed by atoms with Crippen LogP contribution < -0.4 is 10.1 Å². The number of nitrogens with one attached hydrogen (secondary N) is 1. The molecule has 1 atom stereocenters. The zero-order valence-electron chi connectivity index (χ0n) is 16.8. The number of aliphatic hydroxyl groups excluding tert-OH is 2. The Bertz CT molecular complexity index is 1010. The fraction of sp³-hybridized carbons (Fsp3) is 0.273. The fourth-order valence-electron chi connectivity index (χ4n) is 3.49. The number of hydrogen-bond acceptors (Lipinski definition) is 7. The van der Waals surface area contributed by atoms with Crippen LogP contribution in [0.25, 0.3) is 5.76 Å². The van der Waals surface area contributed by atoms with Crippen molar-refractivity contribution in [2.45, 2.75) is 6.04 Å². The lowest BCUT2D eigenvalue weighted by Gasteiger charge is -2.26. The molecular formula is C22H23FN2O6. The molecule has 4 N–H and O–H groups in total. The molecule has 31 heavy (non-hydrogen) atoms. The number of rotatable bonds is 8. The van der Waals surface area contributed by atoms with Gasteiger partial charge in [0.25, 0.3) is 11.7 Å². The molecule has 1 aliphatic heterocycles. The molecule has 1 saturated heterocycles. The third-order valence-corrected chi connectivity index (χ3v) is 5.00. The van der Waals surface area contributed by atoms with Crippen LogP contribution in [0, 0.1) is 5.82 Å². The van der Waals surface area contributed by atoms with Gasteiger partial charge < -0.3 is 30.3 Å². The number of ether oxygens (including phenoxy) is 1. The van der Waals surface area contributed by atoms with E-state index in [0.717, 1.165) is 12.1 Å². The lowest BCUT2D eigenvalue weighted by molar-refractivity contribution is -0.139. The van der Waals surface area contributed by atoms with Gasteiger partial charge in [-0.1, -0.05) is 6.07 Å². The molecule has 1 heterocycles. The first kappa shape index (κ1) is 22.3. The number of carbonyl (C=O) groups is 2. The number of aromatic hydroxyl groups is 1. The average molecular weight is 430 g/mol. The fourth-order valence-corrected chi connectivity index (χ4v) is 3.49. The van der Waals surface area contributed by atoms with E-state index in [1.54, 1.807) is 0 Å². The molecule has 3 rings (SSSR count). The normalized spacial score (nSPS) is 17.9. The van der Waals surface area contributed by atoms with E-state index in [-0.39, 0.29) is 35.8 Å². The minimum absolute atomic E-state index is 0.0814. The Morgan fingerprint density at radius 2 is 1.87 bits per heavy atom. The van der Waals surface area contributed by atoms with Crippen molar-refractivity contribution in [1.29, 1.82) is 0 Å². The first-order chi connectivity index (χ1) is 14.9. The molecule has 1 fully saturated rings. The number of amides is 1. The second-order valence-electron chi connectivity index (χ2n) is 6.90. The molecule has 1 amide bonds. The maximum absolute atomic E-state index is 13.3. The van der Waals surface area contributed by atoms with Crippen LogP contribution in [-0.2, 0) is 9.59 Å². The second-order valence-corrected chi connectivity index (χ2v) is 6.90. The number of halogens is 1. The second kappa shape index (κ2) is 9.59. The summed E-state index contributed by atoms with van der Waals surface area (Å²) >= 11 is 0. The Kier molecular flexibility index (Phi) is 6.88. The summed E-state index contributed by atoms with van der Waals surface area (Å²) in [6.45, 7) is 0.660. The number of aliphatic hydroxyl groups is 2. The zero-order chi connectivity index (χ0) is 22.5. The van der Waals surface area contributed by atoms with Gasteiger partial charge in [0.2, 0.25) is 0 Å². The highest BCUT2D eigenvalue weighted by Gasteiger charge is 2.46. The number of phenolic OH excluding ortho intramolecular Hbond substituents is 1. The third kappa shape index (κ3) is 4.52. The number of carbonyl (C=O) groups excluding carboxylic acids is 2. The number of ketones is 1. The summed E-state index contributed by atoms with van der Waals surface area (Å²) in [5.74, 6) is -2.59. The summed E-state index contributed by atoms with van der Waals surface area (Å²) in [4.78, 5) is 27.0. The lowest BCUT2D eigenvalue weighted by Crippen LogP contribution is -2.36. The van der Waals surface area contributed by atoms with Gasteiger partial charge in [0.1, 0.15) is 11.6 Å². The van der Waals surface area contributed by atoms with Crippen molar-refractivity contribution in [2.75, 3.05) is 33.4 Å². The Balaban J connectivity index is 2.10. The maximum Gasteiger partial charge on any atom is 0.295 e. The molecule has 8 nitrogen and oxygen atoms in total. The van der Waals surface area contributed by atoms with Gasteiger partial charge in [-0.15, -0.1) is 0 Å². The summed E-state index contributed by atoms with van der Waals surface area (Å²) < 4.78 is 18.4. The van der Waals surface area contributed by atoms with Gasteiger partial charge in [0, 0.05) is 25.2 Å². The Labute approximate surface area is 178 Å². The predicted octanol–water partition coefficient (Wildman–Crippen LogP) is 1.54. The average Bonchev–Trinajstić information content (AvgIpc) is 3.02. The summed E-state index contributed by atoms with van der Waals surface area (Å²) in [5.41, 5.74) is 0.486. The van der Waals surface area contributed by atoms with Gasteiger partial charge in [-0.05, 0) is 42.0 Å². The molecule has 0 aromatic heterocycles. The highest BCUT2D eigenvalue weighted by molar-refractivity contribution is 6.46. The minimum atomic E-state index is -0.949. The van der Waals surface area contributed by atoms with Crippen LogP contribution in [0.15, 0.2) is 48.0 Å². The van der Waals surface area contributed by atoms with E-state index in [1.165, 1.54) is 42.3 Å². The van der Waals surface area contributed by atoms with Gasteiger partial charge >= 0.3 is 0 Å². The Morgan fingerprint density at radius 1 is 1.16 bits per heavy atom. The Morgan fingerprint density at radius 3 is 2.52 bits per heavy atom. The van der Waals surface area contributed by atoms with Gasteiger partial charge in [-0.2, -0.15) is 0 Å². The molecule has 0 bridgehead atoms. The summed E-state index contributed by atoms with van der Waals surface area (Å²) in [5, 5.41) is 32.7. The number of hydrogen-bond donors (Lipinski definition) is 4. The Hall–Kier alpha value is -3.43. The van der Waals surface area contributed by atoms with Gasteiger partial charge in [-0.25, -0.2) is 4.39 Å². The van der Waals surface area contributed by atoms with Crippen LogP contribution in [0.5, 0.6) is 11.5 Å². The van der Waals surface area contributed by atoms with E-state index >= 15 is 0 Å². The van der Waals surface area contributed by atoms with Crippen LogP contribution >= 0.6 is 0 Å². The van der Waals surface area contributed by atoms with Crippen LogP contribution in [0.1, 0.15) is 17.2 Å². The highest BCUT2D eigenvalue weighted by Crippen LogP contribution is 2.41. The number of methoxy groups -OCH3 is 1. The first-order valence-corrected chi connectivity index (χ1v) is 9.61. The number of Topliss-reactive ketones (excluding diaryl/α,β-unsaturated/α-hetero) is 1. The van der Waals surface area contributed by atoms with E-state index in [0.29, 0.717) is 18.7 Å². The van der Waals surface area contributed by atoms with E-state index < -0.39 is 29.3 Å². The monoisotopic (exact) mass is 430 g/mol. The molecule has 9 heteroatoms. The van der Waals surface area contributed by atoms with Crippen molar-refractivity contribution in [2.24, 2.45) is 0 Å². The number of phenols is 1. The smallest absolute Gasteiger partial charge is 0.295 e. The molecule has 1 aliphatic rings. The van der Waals surface area contributed by atoms with E-state index in [1.807, 2.05) is 0 Å². The highest BCUT2D eigenvalue weighted by atomic mass is 19.1. The maximum atomic E-state index is 13.3. The topological polar surface area (TPSA) is 119 Å². The minimum Gasteiger partial charge on any atom is -0.507 e. The van der Waals surface area contributed by atoms with E-state index in [4.69, 9.17) is 9.84 Å². The molecular weight excluding hydrogens is 407 g/mol. The lowest BCUT2D eigenvalue weighted by atomic mass is 9.95. The molecule has 2 aromatic rings. The van der Waals surface area contributed by atoms with Gasteiger partial charge in [0.05, 0.1) is 25.3 Å². The van der Waals surface area contributed by atoms with Crippen LogP contribution in [0.2, 0.25) is 0 Å².